The summed E-state index contributed by atoms with van der Waals surface area (Å²) in [6.07, 6.45) is 2.41. The Morgan fingerprint density at radius 1 is 1.44 bits per heavy atom. The molecule has 0 radical (unpaired) electrons. The van der Waals surface area contributed by atoms with Crippen LogP contribution in [0.5, 0.6) is 0 Å². The molecule has 1 rings (SSSR count). The molecule has 100 valence electrons. The molecule has 1 unspecified atom stereocenters. The van der Waals surface area contributed by atoms with Crippen molar-refractivity contribution in [1.82, 2.24) is 14.9 Å². The fourth-order valence-electron chi connectivity index (χ4n) is 1.50. The molecule has 1 aromatic heterocycles. The van der Waals surface area contributed by atoms with Gasteiger partial charge in [-0.05, 0) is 13.3 Å². The first-order chi connectivity index (χ1) is 8.38. The summed E-state index contributed by atoms with van der Waals surface area (Å²) in [6.45, 7) is 8.01. The largest absolute Gasteiger partial charge is 0.396 e. The fraction of sp³-hybridized carbons (Fsp3) is 0.615. The number of amides is 1. The highest BCUT2D eigenvalue weighted by atomic mass is 16.2. The van der Waals surface area contributed by atoms with Crippen LogP contribution in [0.2, 0.25) is 0 Å². The smallest absolute Gasteiger partial charge is 0.274 e. The van der Waals surface area contributed by atoms with Crippen molar-refractivity contribution in [2.24, 2.45) is 0 Å². The van der Waals surface area contributed by atoms with E-state index in [1.54, 1.807) is 11.9 Å². The Labute approximate surface area is 108 Å². The molecule has 5 heteroatoms. The van der Waals surface area contributed by atoms with Crippen molar-refractivity contribution in [2.75, 3.05) is 12.8 Å². The van der Waals surface area contributed by atoms with E-state index in [9.17, 15) is 4.79 Å². The minimum absolute atomic E-state index is 0.147. The number of carbonyl (C=O) groups excluding carboxylic acids is 1. The number of nitrogens with two attached hydrogens (primary N) is 1. The Morgan fingerprint density at radius 3 is 2.56 bits per heavy atom. The topological polar surface area (TPSA) is 72.1 Å². The van der Waals surface area contributed by atoms with E-state index in [0.29, 0.717) is 17.2 Å². The average molecular weight is 250 g/mol. The second-order valence-corrected chi connectivity index (χ2v) is 4.86. The third-order valence-electron chi connectivity index (χ3n) is 3.13. The van der Waals surface area contributed by atoms with Crippen LogP contribution in [-0.2, 0) is 0 Å². The molecule has 0 aliphatic heterocycles. The van der Waals surface area contributed by atoms with E-state index < -0.39 is 0 Å². The molecule has 1 amide bonds. The van der Waals surface area contributed by atoms with Crippen molar-refractivity contribution in [2.45, 2.75) is 46.1 Å². The van der Waals surface area contributed by atoms with Gasteiger partial charge >= 0.3 is 0 Å². The third kappa shape index (κ3) is 2.97. The van der Waals surface area contributed by atoms with Gasteiger partial charge in [-0.2, -0.15) is 0 Å². The van der Waals surface area contributed by atoms with Gasteiger partial charge in [-0.25, -0.2) is 9.97 Å². The van der Waals surface area contributed by atoms with Gasteiger partial charge in [0.2, 0.25) is 0 Å². The first kappa shape index (κ1) is 14.4. The van der Waals surface area contributed by atoms with Crippen LogP contribution in [0.3, 0.4) is 0 Å². The van der Waals surface area contributed by atoms with Crippen molar-refractivity contribution >= 4 is 11.6 Å². The van der Waals surface area contributed by atoms with Gasteiger partial charge < -0.3 is 10.6 Å². The van der Waals surface area contributed by atoms with Gasteiger partial charge in [0, 0.05) is 19.0 Å². The molecule has 0 saturated heterocycles. The number of anilines is 1. The molecular formula is C13H22N4O. The van der Waals surface area contributed by atoms with Gasteiger partial charge in [0.05, 0.1) is 11.9 Å². The maximum absolute atomic E-state index is 12.3. The second-order valence-electron chi connectivity index (χ2n) is 4.86. The zero-order chi connectivity index (χ0) is 13.9. The molecule has 0 aliphatic rings. The first-order valence-corrected chi connectivity index (χ1v) is 6.28. The van der Waals surface area contributed by atoms with Gasteiger partial charge in [0.1, 0.15) is 5.82 Å². The van der Waals surface area contributed by atoms with E-state index in [4.69, 9.17) is 5.73 Å². The molecule has 0 saturated carbocycles. The number of hydrogen-bond donors (Lipinski definition) is 1. The highest BCUT2D eigenvalue weighted by Gasteiger charge is 2.21. The molecule has 1 aromatic rings. The summed E-state index contributed by atoms with van der Waals surface area (Å²) < 4.78 is 0. The van der Waals surface area contributed by atoms with Crippen LogP contribution in [0.15, 0.2) is 6.20 Å². The highest BCUT2D eigenvalue weighted by molar-refractivity contribution is 5.96. The molecular weight excluding hydrogens is 228 g/mol. The van der Waals surface area contributed by atoms with E-state index in [1.807, 2.05) is 27.7 Å². The zero-order valence-electron chi connectivity index (χ0n) is 11.8. The third-order valence-corrected chi connectivity index (χ3v) is 3.13. The van der Waals surface area contributed by atoms with Gasteiger partial charge in [-0.15, -0.1) is 0 Å². The Balaban J connectivity index is 3.08. The first-order valence-electron chi connectivity index (χ1n) is 6.28. The lowest BCUT2D eigenvalue weighted by molar-refractivity contribution is 0.0735. The van der Waals surface area contributed by atoms with Crippen molar-refractivity contribution in [3.63, 3.8) is 0 Å². The number of nitrogen functional groups attached to an aromatic ring is 1. The minimum atomic E-state index is -0.147. The van der Waals surface area contributed by atoms with E-state index >= 15 is 0 Å². The van der Waals surface area contributed by atoms with E-state index in [2.05, 4.69) is 9.97 Å². The Hall–Kier alpha value is -1.65. The van der Waals surface area contributed by atoms with Crippen molar-refractivity contribution in [1.29, 1.82) is 0 Å². The number of carbonyl (C=O) groups is 1. The summed E-state index contributed by atoms with van der Waals surface area (Å²) in [6, 6.07) is 0.161. The monoisotopic (exact) mass is 250 g/mol. The molecule has 0 fully saturated rings. The number of aromatic nitrogens is 2. The molecule has 1 heterocycles. The summed E-state index contributed by atoms with van der Waals surface area (Å²) in [5, 5.41) is 0. The van der Waals surface area contributed by atoms with E-state index in [1.165, 1.54) is 6.20 Å². The average Bonchev–Trinajstić information content (AvgIpc) is 2.36. The van der Waals surface area contributed by atoms with Gasteiger partial charge in [0.15, 0.2) is 5.69 Å². The van der Waals surface area contributed by atoms with Crippen molar-refractivity contribution in [3.05, 3.63) is 17.7 Å². The second kappa shape index (κ2) is 5.80. The normalized spacial score (nSPS) is 12.6. The lowest BCUT2D eigenvalue weighted by atomic mass is 10.2. The number of rotatable bonds is 4. The predicted molar refractivity (Wildman–Crippen MR) is 72.4 cm³/mol. The molecule has 0 bridgehead atoms. The molecule has 18 heavy (non-hydrogen) atoms. The van der Waals surface area contributed by atoms with Crippen LogP contribution < -0.4 is 5.73 Å². The SMILES string of the molecule is CCC(C)N(C)C(=O)c1nc(C(C)C)ncc1N. The summed E-state index contributed by atoms with van der Waals surface area (Å²) in [5.41, 5.74) is 6.43. The van der Waals surface area contributed by atoms with Crippen LogP contribution in [0.25, 0.3) is 0 Å². The van der Waals surface area contributed by atoms with Crippen molar-refractivity contribution < 1.29 is 4.79 Å². The number of nitrogens with zero attached hydrogens (tertiary/aromatic N) is 3. The van der Waals surface area contributed by atoms with E-state index in [0.717, 1.165) is 6.42 Å². The molecule has 0 aromatic carbocycles. The Morgan fingerprint density at radius 2 is 2.06 bits per heavy atom. The molecule has 1 atom stereocenters. The van der Waals surface area contributed by atoms with Gasteiger partial charge in [-0.3, -0.25) is 4.79 Å². The van der Waals surface area contributed by atoms with Crippen LogP contribution in [0.4, 0.5) is 5.69 Å². The highest BCUT2D eigenvalue weighted by Crippen LogP contribution is 2.16. The molecule has 0 spiro atoms. The summed E-state index contributed by atoms with van der Waals surface area (Å²) in [4.78, 5) is 22.4. The van der Waals surface area contributed by atoms with Crippen LogP contribution in [-0.4, -0.2) is 33.9 Å². The van der Waals surface area contributed by atoms with Crippen molar-refractivity contribution in [3.8, 4) is 0 Å². The maximum atomic E-state index is 12.3. The lowest BCUT2D eigenvalue weighted by Gasteiger charge is -2.24. The van der Waals surface area contributed by atoms with Crippen LogP contribution >= 0.6 is 0 Å². The Kier molecular flexibility index (Phi) is 4.64. The summed E-state index contributed by atoms with van der Waals surface area (Å²) >= 11 is 0. The molecule has 2 N–H and O–H groups in total. The summed E-state index contributed by atoms with van der Waals surface area (Å²) in [5.74, 6) is 0.669. The minimum Gasteiger partial charge on any atom is -0.396 e. The zero-order valence-corrected chi connectivity index (χ0v) is 11.8. The quantitative estimate of drug-likeness (QED) is 0.887. The van der Waals surface area contributed by atoms with Gasteiger partial charge in [0.25, 0.3) is 5.91 Å². The van der Waals surface area contributed by atoms with Gasteiger partial charge in [-0.1, -0.05) is 20.8 Å². The predicted octanol–water partition coefficient (Wildman–Crippen LogP) is 2.05. The standard InChI is InChI=1S/C13H22N4O/c1-6-9(4)17(5)13(18)11-10(14)7-15-12(16-11)8(2)3/h7-9H,6,14H2,1-5H3. The summed E-state index contributed by atoms with van der Waals surface area (Å²) in [7, 11) is 1.77. The molecule has 0 aliphatic carbocycles. The maximum Gasteiger partial charge on any atom is 0.274 e. The van der Waals surface area contributed by atoms with E-state index in [-0.39, 0.29) is 17.9 Å². The van der Waals surface area contributed by atoms with Crippen LogP contribution in [0, 0.1) is 0 Å². The Bertz CT molecular complexity index is 431. The molecule has 5 nitrogen and oxygen atoms in total. The number of hydrogen-bond acceptors (Lipinski definition) is 4. The lowest BCUT2D eigenvalue weighted by Crippen LogP contribution is -2.35. The fourth-order valence-corrected chi connectivity index (χ4v) is 1.50. The van der Waals surface area contributed by atoms with Crippen LogP contribution in [0.1, 0.15) is 56.3 Å².